The number of hydrogen-bond acceptors (Lipinski definition) is 2. The number of aromatic nitrogens is 2. The Morgan fingerprint density at radius 2 is 2.00 bits per heavy atom. The molecule has 0 atom stereocenters. The first-order valence-electron chi connectivity index (χ1n) is 3.78. The molecule has 0 aliphatic carbocycles. The summed E-state index contributed by atoms with van der Waals surface area (Å²) < 4.78 is 6.37. The minimum Gasteiger partial charge on any atom is -0.439 e. The molecule has 0 saturated carbocycles. The van der Waals surface area contributed by atoms with E-state index >= 15 is 0 Å². The Kier molecular flexibility index (Phi) is 2.49. The number of benzene rings is 1. The van der Waals surface area contributed by atoms with Gasteiger partial charge in [-0.1, -0.05) is 18.2 Å². The highest BCUT2D eigenvalue weighted by atomic mass is 127. The minimum absolute atomic E-state index is 0.663. The van der Waals surface area contributed by atoms with E-state index in [4.69, 9.17) is 4.74 Å². The third kappa shape index (κ3) is 2.21. The van der Waals surface area contributed by atoms with Gasteiger partial charge in [-0.2, -0.15) is 5.10 Å². The summed E-state index contributed by atoms with van der Waals surface area (Å²) in [5, 5.41) is 6.72. The van der Waals surface area contributed by atoms with Crippen LogP contribution in [-0.4, -0.2) is 10.2 Å². The Hall–Kier alpha value is -1.04. The normalized spacial score (nSPS) is 9.92. The first kappa shape index (κ1) is 8.55. The first-order valence-corrected chi connectivity index (χ1v) is 4.86. The van der Waals surface area contributed by atoms with Crippen LogP contribution in [0.3, 0.4) is 0 Å². The quantitative estimate of drug-likeness (QED) is 0.862. The molecular formula is C9H7IN2O. The molecule has 1 aromatic heterocycles. The van der Waals surface area contributed by atoms with Gasteiger partial charge in [-0.25, -0.2) is 5.10 Å². The van der Waals surface area contributed by atoms with E-state index in [0.29, 0.717) is 5.88 Å². The highest BCUT2D eigenvalue weighted by Crippen LogP contribution is 2.19. The Labute approximate surface area is 89.3 Å². The molecule has 0 aliphatic heterocycles. The van der Waals surface area contributed by atoms with Crippen LogP contribution in [-0.2, 0) is 0 Å². The van der Waals surface area contributed by atoms with Crippen molar-refractivity contribution in [2.24, 2.45) is 0 Å². The Morgan fingerprint density at radius 3 is 2.62 bits per heavy atom. The van der Waals surface area contributed by atoms with Crippen molar-refractivity contribution >= 4 is 22.6 Å². The van der Waals surface area contributed by atoms with Gasteiger partial charge in [-0.15, -0.1) is 0 Å². The van der Waals surface area contributed by atoms with Crippen LogP contribution in [0, 0.1) is 3.70 Å². The molecule has 0 radical (unpaired) electrons. The molecule has 13 heavy (non-hydrogen) atoms. The fourth-order valence-electron chi connectivity index (χ4n) is 0.949. The van der Waals surface area contributed by atoms with Crippen LogP contribution in [0.2, 0.25) is 0 Å². The second kappa shape index (κ2) is 3.78. The Morgan fingerprint density at radius 1 is 1.23 bits per heavy atom. The fraction of sp³-hybridized carbons (Fsp3) is 0. The maximum absolute atomic E-state index is 5.48. The number of ether oxygens (including phenoxy) is 1. The molecule has 4 heteroatoms. The van der Waals surface area contributed by atoms with E-state index in [1.54, 1.807) is 0 Å². The number of nitrogens with one attached hydrogen (secondary N) is 1. The van der Waals surface area contributed by atoms with E-state index in [9.17, 15) is 0 Å². The van der Waals surface area contributed by atoms with Gasteiger partial charge in [-0.05, 0) is 34.7 Å². The van der Waals surface area contributed by atoms with Gasteiger partial charge in [0.25, 0.3) is 0 Å². The molecule has 0 unspecified atom stereocenters. The van der Waals surface area contributed by atoms with Crippen molar-refractivity contribution in [3.63, 3.8) is 0 Å². The topological polar surface area (TPSA) is 37.9 Å². The zero-order chi connectivity index (χ0) is 9.10. The molecule has 0 saturated heterocycles. The lowest BCUT2D eigenvalue weighted by Crippen LogP contribution is -1.82. The van der Waals surface area contributed by atoms with E-state index in [2.05, 4.69) is 32.8 Å². The smallest absolute Gasteiger partial charge is 0.216 e. The average Bonchev–Trinajstić information content (AvgIpc) is 2.53. The molecule has 2 rings (SSSR count). The standard InChI is InChI=1S/C9H7IN2O/c10-8-6-9(12-11-8)13-7-4-2-1-3-5-7/h1-6H,(H,11,12). The van der Waals surface area contributed by atoms with Gasteiger partial charge < -0.3 is 4.74 Å². The van der Waals surface area contributed by atoms with Gasteiger partial charge in [0.15, 0.2) is 0 Å². The van der Waals surface area contributed by atoms with Gasteiger partial charge in [0.05, 0.1) is 0 Å². The van der Waals surface area contributed by atoms with Gasteiger partial charge in [-0.3, -0.25) is 0 Å². The number of halogens is 1. The second-order valence-corrected chi connectivity index (χ2v) is 3.58. The summed E-state index contributed by atoms with van der Waals surface area (Å²) in [5.41, 5.74) is 0. The van der Waals surface area contributed by atoms with Crippen molar-refractivity contribution in [2.75, 3.05) is 0 Å². The number of hydrogen-bond donors (Lipinski definition) is 1. The van der Waals surface area contributed by atoms with Crippen LogP contribution in [0.1, 0.15) is 0 Å². The van der Waals surface area contributed by atoms with Crippen molar-refractivity contribution < 1.29 is 4.74 Å². The SMILES string of the molecule is Ic1cc(Oc2ccccc2)[nH]n1. The van der Waals surface area contributed by atoms with E-state index in [0.717, 1.165) is 9.45 Å². The monoisotopic (exact) mass is 286 g/mol. The summed E-state index contributed by atoms with van der Waals surface area (Å²) in [6.45, 7) is 0. The van der Waals surface area contributed by atoms with Crippen molar-refractivity contribution in [3.8, 4) is 11.6 Å². The summed E-state index contributed by atoms with van der Waals surface area (Å²) >= 11 is 2.12. The van der Waals surface area contributed by atoms with E-state index in [1.807, 2.05) is 36.4 Å². The maximum Gasteiger partial charge on any atom is 0.216 e. The summed E-state index contributed by atoms with van der Waals surface area (Å²) in [4.78, 5) is 0. The molecule has 66 valence electrons. The van der Waals surface area contributed by atoms with E-state index in [1.165, 1.54) is 0 Å². The van der Waals surface area contributed by atoms with Crippen molar-refractivity contribution in [2.45, 2.75) is 0 Å². The van der Waals surface area contributed by atoms with Crippen molar-refractivity contribution in [1.82, 2.24) is 10.2 Å². The predicted molar refractivity (Wildman–Crippen MR) is 57.8 cm³/mol. The fourth-order valence-corrected chi connectivity index (χ4v) is 1.35. The summed E-state index contributed by atoms with van der Waals surface area (Å²) in [7, 11) is 0. The minimum atomic E-state index is 0.663. The number of para-hydroxylation sites is 1. The highest BCUT2D eigenvalue weighted by molar-refractivity contribution is 14.1. The van der Waals surface area contributed by atoms with Gasteiger partial charge in [0, 0.05) is 6.07 Å². The molecule has 0 amide bonds. The lowest BCUT2D eigenvalue weighted by atomic mass is 10.3. The van der Waals surface area contributed by atoms with Crippen LogP contribution in [0.15, 0.2) is 36.4 Å². The van der Waals surface area contributed by atoms with E-state index < -0.39 is 0 Å². The molecule has 0 bridgehead atoms. The number of H-pyrrole nitrogens is 1. The summed E-state index contributed by atoms with van der Waals surface area (Å²) in [5.74, 6) is 1.47. The molecule has 1 N–H and O–H groups in total. The molecule has 1 aromatic carbocycles. The molecule has 0 spiro atoms. The lowest BCUT2D eigenvalue weighted by Gasteiger charge is -1.99. The zero-order valence-corrected chi connectivity index (χ0v) is 8.86. The zero-order valence-electron chi connectivity index (χ0n) is 6.70. The highest BCUT2D eigenvalue weighted by Gasteiger charge is 1.99. The van der Waals surface area contributed by atoms with Gasteiger partial charge in [0.2, 0.25) is 5.88 Å². The van der Waals surface area contributed by atoms with Crippen LogP contribution in [0.25, 0.3) is 0 Å². The Balaban J connectivity index is 2.15. The summed E-state index contributed by atoms with van der Waals surface area (Å²) in [6, 6.07) is 11.4. The molecule has 3 nitrogen and oxygen atoms in total. The third-order valence-corrected chi connectivity index (χ3v) is 2.05. The van der Waals surface area contributed by atoms with Crippen molar-refractivity contribution in [3.05, 3.63) is 40.1 Å². The molecule has 0 aliphatic rings. The van der Waals surface area contributed by atoms with Gasteiger partial charge in [0.1, 0.15) is 9.45 Å². The van der Waals surface area contributed by atoms with Crippen LogP contribution in [0.4, 0.5) is 0 Å². The second-order valence-electron chi connectivity index (χ2n) is 2.47. The molecule has 1 heterocycles. The number of nitrogens with zero attached hydrogens (tertiary/aromatic N) is 1. The maximum atomic E-state index is 5.48. The number of aromatic amines is 1. The van der Waals surface area contributed by atoms with Crippen LogP contribution >= 0.6 is 22.6 Å². The van der Waals surface area contributed by atoms with E-state index in [-0.39, 0.29) is 0 Å². The summed E-state index contributed by atoms with van der Waals surface area (Å²) in [6.07, 6.45) is 0. The third-order valence-electron chi connectivity index (χ3n) is 1.49. The molecular weight excluding hydrogens is 279 g/mol. The lowest BCUT2D eigenvalue weighted by molar-refractivity contribution is 0.461. The van der Waals surface area contributed by atoms with Crippen LogP contribution in [0.5, 0.6) is 11.6 Å². The van der Waals surface area contributed by atoms with Crippen molar-refractivity contribution in [1.29, 1.82) is 0 Å². The Bertz CT molecular complexity index is 386. The number of rotatable bonds is 2. The molecule has 0 fully saturated rings. The first-order chi connectivity index (χ1) is 6.34. The average molecular weight is 286 g/mol. The predicted octanol–water partition coefficient (Wildman–Crippen LogP) is 2.81. The van der Waals surface area contributed by atoms with Crippen LogP contribution < -0.4 is 4.74 Å². The van der Waals surface area contributed by atoms with Gasteiger partial charge >= 0.3 is 0 Å². The molecule has 2 aromatic rings. The largest absolute Gasteiger partial charge is 0.439 e.